The van der Waals surface area contributed by atoms with Crippen molar-refractivity contribution in [2.45, 2.75) is 38.5 Å². The highest BCUT2D eigenvalue weighted by atomic mass is 16.3. The third-order valence-corrected chi connectivity index (χ3v) is 2.34. The van der Waals surface area contributed by atoms with Crippen molar-refractivity contribution < 1.29 is 0 Å². The van der Waals surface area contributed by atoms with Crippen molar-refractivity contribution in [3.63, 3.8) is 0 Å². The maximum atomic E-state index is 9.68. The summed E-state index contributed by atoms with van der Waals surface area (Å²) in [7, 11) is 0. The molecule has 0 atom stereocenters. The fraction of sp³-hybridized carbons (Fsp3) is 1.00. The topological polar surface area (TPSA) is 29.4 Å². The van der Waals surface area contributed by atoms with Crippen LogP contribution in [0.25, 0.3) is 0 Å². The Morgan fingerprint density at radius 1 is 1.30 bits per heavy atom. The second kappa shape index (κ2) is 4.42. The van der Waals surface area contributed by atoms with Gasteiger partial charge in [-0.2, -0.15) is 4.91 Å². The van der Waals surface area contributed by atoms with E-state index in [1.54, 1.807) is 0 Å². The summed E-state index contributed by atoms with van der Waals surface area (Å²) in [6.45, 7) is 0.521. The summed E-state index contributed by atoms with van der Waals surface area (Å²) in [5.74, 6) is 0.992. The third-order valence-electron chi connectivity index (χ3n) is 2.34. The summed E-state index contributed by atoms with van der Waals surface area (Å²) in [6.07, 6.45) is 7.81. The molecule has 0 aromatic rings. The molecule has 1 fully saturated rings. The molecule has 0 bridgehead atoms. The molecule has 1 rings (SSSR count). The van der Waals surface area contributed by atoms with E-state index in [1.807, 2.05) is 0 Å². The molecule has 1 aliphatic carbocycles. The molecule has 0 N–H and O–H groups in total. The smallest absolute Gasteiger partial charge is 0.0811 e. The standard InChI is InChI=1S/C8H15NO/c10-9-7-2-1-4-8-5-3-6-8/h8H,1-7H2. The highest BCUT2D eigenvalue weighted by molar-refractivity contribution is 4.69. The van der Waals surface area contributed by atoms with E-state index in [-0.39, 0.29) is 0 Å². The molecule has 1 aliphatic rings. The molecule has 1 saturated carbocycles. The summed E-state index contributed by atoms with van der Waals surface area (Å²) >= 11 is 0. The van der Waals surface area contributed by atoms with Gasteiger partial charge in [-0.3, -0.25) is 0 Å². The van der Waals surface area contributed by atoms with Crippen LogP contribution in [0.5, 0.6) is 0 Å². The first-order chi connectivity index (χ1) is 4.93. The van der Waals surface area contributed by atoms with Crippen molar-refractivity contribution in [3.8, 4) is 0 Å². The normalized spacial score (nSPS) is 18.4. The lowest BCUT2D eigenvalue weighted by Gasteiger charge is -2.24. The van der Waals surface area contributed by atoms with Gasteiger partial charge in [0.05, 0.1) is 6.54 Å². The van der Waals surface area contributed by atoms with Gasteiger partial charge in [-0.1, -0.05) is 37.3 Å². The van der Waals surface area contributed by atoms with Gasteiger partial charge < -0.3 is 0 Å². The van der Waals surface area contributed by atoms with Crippen LogP contribution < -0.4 is 0 Å². The Labute approximate surface area is 62.0 Å². The Hall–Kier alpha value is -0.400. The largest absolute Gasteiger partial charge is 0.151 e. The van der Waals surface area contributed by atoms with Gasteiger partial charge in [0, 0.05) is 0 Å². The van der Waals surface area contributed by atoms with Crippen molar-refractivity contribution in [3.05, 3.63) is 4.91 Å². The van der Waals surface area contributed by atoms with Gasteiger partial charge in [-0.05, 0) is 12.3 Å². The first-order valence-corrected chi connectivity index (χ1v) is 4.22. The minimum atomic E-state index is 0.521. The molecule has 0 aliphatic heterocycles. The fourth-order valence-electron chi connectivity index (χ4n) is 1.39. The van der Waals surface area contributed by atoms with E-state index in [2.05, 4.69) is 5.18 Å². The molecule has 58 valence electrons. The highest BCUT2D eigenvalue weighted by Crippen LogP contribution is 2.30. The van der Waals surface area contributed by atoms with Gasteiger partial charge in [0.15, 0.2) is 0 Å². The number of rotatable bonds is 5. The first-order valence-electron chi connectivity index (χ1n) is 4.22. The predicted molar refractivity (Wildman–Crippen MR) is 41.9 cm³/mol. The van der Waals surface area contributed by atoms with E-state index in [1.165, 1.54) is 32.1 Å². The number of nitrogens with zero attached hydrogens (tertiary/aromatic N) is 1. The molecule has 10 heavy (non-hydrogen) atoms. The van der Waals surface area contributed by atoms with Gasteiger partial charge in [0.2, 0.25) is 0 Å². The maximum absolute atomic E-state index is 9.68. The summed E-state index contributed by atoms with van der Waals surface area (Å²) in [4.78, 5) is 9.68. The quantitative estimate of drug-likeness (QED) is 0.427. The van der Waals surface area contributed by atoms with Gasteiger partial charge in [-0.15, -0.1) is 0 Å². The van der Waals surface area contributed by atoms with Crippen LogP contribution in [0.1, 0.15) is 38.5 Å². The molecule has 0 spiro atoms. The second-order valence-electron chi connectivity index (χ2n) is 3.15. The Morgan fingerprint density at radius 2 is 2.10 bits per heavy atom. The molecular formula is C8H15NO. The van der Waals surface area contributed by atoms with E-state index in [9.17, 15) is 4.91 Å². The maximum Gasteiger partial charge on any atom is 0.0811 e. The van der Waals surface area contributed by atoms with Crippen LogP contribution >= 0.6 is 0 Å². The van der Waals surface area contributed by atoms with Crippen LogP contribution in [0.2, 0.25) is 0 Å². The van der Waals surface area contributed by atoms with Gasteiger partial charge in [0.25, 0.3) is 0 Å². The lowest BCUT2D eigenvalue weighted by molar-refractivity contribution is 0.288. The zero-order valence-electron chi connectivity index (χ0n) is 6.38. The number of unbranched alkanes of at least 4 members (excludes halogenated alkanes) is 1. The van der Waals surface area contributed by atoms with Crippen molar-refractivity contribution in [1.29, 1.82) is 0 Å². The van der Waals surface area contributed by atoms with Crippen LogP contribution in [0, 0.1) is 10.8 Å². The minimum Gasteiger partial charge on any atom is -0.151 e. The van der Waals surface area contributed by atoms with Crippen LogP contribution in [0.15, 0.2) is 5.18 Å². The zero-order valence-corrected chi connectivity index (χ0v) is 6.38. The Bertz CT molecular complexity index is 99.4. The number of nitroso groups, excluding NO2 is 1. The van der Waals surface area contributed by atoms with Crippen molar-refractivity contribution in [2.75, 3.05) is 6.54 Å². The molecular weight excluding hydrogens is 126 g/mol. The van der Waals surface area contributed by atoms with Gasteiger partial charge >= 0.3 is 0 Å². The van der Waals surface area contributed by atoms with Gasteiger partial charge in [-0.25, -0.2) is 0 Å². The molecule has 0 aromatic carbocycles. The van der Waals surface area contributed by atoms with Crippen LogP contribution in [-0.4, -0.2) is 6.54 Å². The molecule has 0 heterocycles. The Kier molecular flexibility index (Phi) is 3.41. The van der Waals surface area contributed by atoms with Crippen LogP contribution in [0.4, 0.5) is 0 Å². The number of hydrogen-bond acceptors (Lipinski definition) is 2. The van der Waals surface area contributed by atoms with Crippen LogP contribution in [-0.2, 0) is 0 Å². The first kappa shape index (κ1) is 7.70. The average molecular weight is 141 g/mol. The fourth-order valence-corrected chi connectivity index (χ4v) is 1.39. The monoisotopic (exact) mass is 141 g/mol. The average Bonchev–Trinajstić information content (AvgIpc) is 1.84. The Morgan fingerprint density at radius 3 is 2.60 bits per heavy atom. The van der Waals surface area contributed by atoms with Crippen molar-refractivity contribution >= 4 is 0 Å². The summed E-state index contributed by atoms with van der Waals surface area (Å²) in [5.41, 5.74) is 0. The van der Waals surface area contributed by atoms with E-state index >= 15 is 0 Å². The SMILES string of the molecule is O=NCCCCC1CCC1. The third kappa shape index (κ3) is 2.46. The highest BCUT2D eigenvalue weighted by Gasteiger charge is 2.15. The molecule has 0 amide bonds. The molecule has 0 saturated heterocycles. The molecule has 2 nitrogen and oxygen atoms in total. The minimum absolute atomic E-state index is 0.521. The summed E-state index contributed by atoms with van der Waals surface area (Å²) in [5, 5.41) is 2.83. The lowest BCUT2D eigenvalue weighted by atomic mass is 9.82. The van der Waals surface area contributed by atoms with Crippen LogP contribution in [0.3, 0.4) is 0 Å². The van der Waals surface area contributed by atoms with E-state index in [0.717, 1.165) is 12.3 Å². The summed E-state index contributed by atoms with van der Waals surface area (Å²) < 4.78 is 0. The number of hydrogen-bond donors (Lipinski definition) is 0. The van der Waals surface area contributed by atoms with Gasteiger partial charge in [0.1, 0.15) is 0 Å². The van der Waals surface area contributed by atoms with E-state index < -0.39 is 0 Å². The van der Waals surface area contributed by atoms with Crippen molar-refractivity contribution in [1.82, 2.24) is 0 Å². The van der Waals surface area contributed by atoms with E-state index in [0.29, 0.717) is 6.54 Å². The molecule has 0 unspecified atom stereocenters. The Balaban J connectivity index is 1.80. The van der Waals surface area contributed by atoms with Crippen molar-refractivity contribution in [2.24, 2.45) is 11.1 Å². The predicted octanol–water partition coefficient (Wildman–Crippen LogP) is 2.72. The zero-order chi connectivity index (χ0) is 7.23. The lowest BCUT2D eigenvalue weighted by Crippen LogP contribution is -2.10. The van der Waals surface area contributed by atoms with E-state index in [4.69, 9.17) is 0 Å². The second-order valence-corrected chi connectivity index (χ2v) is 3.15. The molecule has 0 aromatic heterocycles. The molecule has 0 radical (unpaired) electrons. The molecule has 2 heteroatoms. The summed E-state index contributed by atoms with van der Waals surface area (Å²) in [6, 6.07) is 0.